The van der Waals surface area contributed by atoms with Crippen molar-refractivity contribution < 1.29 is 24.5 Å². The number of aromatic amines is 3. The molecular formula is C45H60N4O5. The fourth-order valence-electron chi connectivity index (χ4n) is 8.89. The van der Waals surface area contributed by atoms with Crippen molar-refractivity contribution in [3.8, 4) is 0 Å². The fourth-order valence-corrected chi connectivity index (χ4v) is 8.89. The van der Waals surface area contributed by atoms with Crippen molar-refractivity contribution in [2.45, 2.75) is 106 Å². The predicted molar refractivity (Wildman–Crippen MR) is 218 cm³/mol. The Morgan fingerprint density at radius 2 is 1.72 bits per heavy atom. The summed E-state index contributed by atoms with van der Waals surface area (Å²) in [6, 6.07) is -0.349. The van der Waals surface area contributed by atoms with Crippen LogP contribution in [0.4, 0.5) is 0 Å². The highest BCUT2D eigenvalue weighted by Gasteiger charge is 2.46. The maximum absolute atomic E-state index is 13.6. The van der Waals surface area contributed by atoms with Crippen LogP contribution in [0, 0.1) is 44.4 Å². The Hall–Kier alpha value is -4.47. The van der Waals surface area contributed by atoms with E-state index >= 15 is 0 Å². The number of methoxy groups -OCH3 is 1. The van der Waals surface area contributed by atoms with Gasteiger partial charge >= 0.3 is 5.97 Å². The molecule has 54 heavy (non-hydrogen) atoms. The van der Waals surface area contributed by atoms with E-state index in [2.05, 4.69) is 99.6 Å². The number of aliphatic hydroxyl groups excluding tert-OH is 2. The number of hydrogen-bond donors (Lipinski definition) is 6. The molecule has 3 aromatic rings. The monoisotopic (exact) mass is 736 g/mol. The average Bonchev–Trinajstić information content (AvgIpc) is 3.87. The largest absolute Gasteiger partial charge is 0.510 e. The van der Waals surface area contributed by atoms with Crippen LogP contribution < -0.4 is 26.6 Å². The molecule has 6 rings (SSSR count). The molecule has 5 heterocycles. The molecule has 0 amide bonds. The van der Waals surface area contributed by atoms with E-state index in [4.69, 9.17) is 9.47 Å². The Kier molecular flexibility index (Phi) is 11.7. The lowest BCUT2D eigenvalue weighted by molar-refractivity contribution is -0.142. The molecule has 9 nitrogen and oxygen atoms in total. The van der Waals surface area contributed by atoms with Crippen molar-refractivity contribution in [1.82, 2.24) is 20.3 Å². The third-order valence-corrected chi connectivity index (χ3v) is 12.1. The molecule has 2 unspecified atom stereocenters. The van der Waals surface area contributed by atoms with E-state index in [1.165, 1.54) is 30.2 Å². The van der Waals surface area contributed by atoms with Crippen LogP contribution in [0.2, 0.25) is 0 Å². The minimum atomic E-state index is -0.967. The van der Waals surface area contributed by atoms with Crippen LogP contribution >= 0.6 is 0 Å². The van der Waals surface area contributed by atoms with Gasteiger partial charge in [0.2, 0.25) is 0 Å². The minimum Gasteiger partial charge on any atom is -0.510 e. The fraction of sp³-hybridized carbons (Fsp3) is 0.489. The summed E-state index contributed by atoms with van der Waals surface area (Å²) in [6.45, 7) is 21.7. The van der Waals surface area contributed by atoms with Crippen molar-refractivity contribution >= 4 is 41.6 Å². The number of carbonyl (C=O) groups excluding carboxylic acids is 1. The Morgan fingerprint density at radius 1 is 1.00 bits per heavy atom. The molecular weight excluding hydrogens is 677 g/mol. The van der Waals surface area contributed by atoms with Crippen LogP contribution in [0.1, 0.15) is 112 Å². The minimum absolute atomic E-state index is 0.00111. The first-order valence-electron chi connectivity index (χ1n) is 19.7. The second-order valence-electron chi connectivity index (χ2n) is 16.0. The predicted octanol–water partition coefficient (Wildman–Crippen LogP) is 5.55. The second-order valence-corrected chi connectivity index (χ2v) is 16.0. The van der Waals surface area contributed by atoms with Gasteiger partial charge in [0.15, 0.2) is 6.29 Å². The quantitative estimate of drug-likeness (QED) is 0.0775. The molecule has 0 saturated carbocycles. The van der Waals surface area contributed by atoms with Crippen LogP contribution in [0.5, 0.6) is 0 Å². The van der Waals surface area contributed by atoms with Crippen LogP contribution in [-0.4, -0.2) is 57.2 Å². The molecule has 3 aliphatic rings. The highest BCUT2D eigenvalue weighted by atomic mass is 16.6. The molecule has 2 aliphatic heterocycles. The van der Waals surface area contributed by atoms with Crippen LogP contribution in [-0.2, 0) is 20.7 Å². The molecule has 0 radical (unpaired) electrons. The van der Waals surface area contributed by atoms with E-state index in [9.17, 15) is 15.0 Å². The average molecular weight is 737 g/mol. The summed E-state index contributed by atoms with van der Waals surface area (Å²) in [5.41, 5.74) is 11.2. The molecule has 290 valence electrons. The molecule has 1 saturated heterocycles. The van der Waals surface area contributed by atoms with Gasteiger partial charge in [0.05, 0.1) is 25.1 Å². The zero-order chi connectivity index (χ0) is 39.0. The van der Waals surface area contributed by atoms with Gasteiger partial charge in [-0.1, -0.05) is 58.4 Å². The van der Waals surface area contributed by atoms with Gasteiger partial charge in [0.25, 0.3) is 0 Å². The van der Waals surface area contributed by atoms with Gasteiger partial charge in [0.1, 0.15) is 11.7 Å². The molecule has 1 aliphatic carbocycles. The van der Waals surface area contributed by atoms with E-state index in [0.717, 1.165) is 80.4 Å². The summed E-state index contributed by atoms with van der Waals surface area (Å²) >= 11 is 0. The summed E-state index contributed by atoms with van der Waals surface area (Å²) in [5, 5.41) is 30.2. The van der Waals surface area contributed by atoms with Crippen molar-refractivity contribution in [1.29, 1.82) is 0 Å². The van der Waals surface area contributed by atoms with E-state index in [1.807, 2.05) is 13.0 Å². The van der Waals surface area contributed by atoms with Crippen molar-refractivity contribution in [2.75, 3.05) is 13.7 Å². The number of fused-ring (bicyclic) bond motifs is 8. The third kappa shape index (κ3) is 7.32. The smallest absolute Gasteiger partial charge is 0.320 e. The van der Waals surface area contributed by atoms with Crippen molar-refractivity contribution in [3.05, 3.63) is 90.1 Å². The Bertz CT molecular complexity index is 2240. The first-order valence-corrected chi connectivity index (χ1v) is 19.7. The molecule has 0 aromatic carbocycles. The third-order valence-electron chi connectivity index (χ3n) is 12.1. The lowest BCUT2D eigenvalue weighted by Crippen LogP contribution is -2.38. The van der Waals surface area contributed by atoms with Crippen LogP contribution in [0.15, 0.2) is 23.9 Å². The number of hydrogen-bond acceptors (Lipinski definition) is 6. The van der Waals surface area contributed by atoms with E-state index in [-0.39, 0.29) is 23.6 Å². The van der Waals surface area contributed by atoms with Crippen molar-refractivity contribution in [2.24, 2.45) is 23.7 Å². The number of nitrogens with one attached hydrogen (secondary N) is 4. The van der Waals surface area contributed by atoms with Crippen LogP contribution in [0.3, 0.4) is 0 Å². The number of allylic oxidation sites excluding steroid dienone is 2. The number of carbonyl (C=O) groups is 1. The lowest BCUT2D eigenvalue weighted by Gasteiger charge is -2.27. The number of ether oxygens (including phenoxy) is 2. The first-order chi connectivity index (χ1) is 25.8. The van der Waals surface area contributed by atoms with Gasteiger partial charge in [-0.3, -0.25) is 4.79 Å². The van der Waals surface area contributed by atoms with Gasteiger partial charge < -0.3 is 40.0 Å². The summed E-state index contributed by atoms with van der Waals surface area (Å²) in [5.74, 6) is -0.820. The SMILES string of the molecule is C=Cc1c2[nH]c(c1C)/C=C1\NC(C3=c4[nH]c(c(C)c4=C(O)[C@@H]3C(=O)OC)/C=c3\[nH]/c(c(C)c3CC)=C\2)[C@@H](CCC(O)OC/C=C(\C)CCCC(C)C)[C@@H]1C. The number of esters is 1. The number of H-pyrrole nitrogens is 3. The molecule has 9 heteroatoms. The standard InChI is InChI=1S/C45H60N4O5/c1-11-29-25(6)32-20-34-27(8)31(16-17-38(50)54-19-18-24(5)15-13-14-23(3)4)42(48-34)40-41(45(52)53-10)44(51)39-28(9)35(49-43(39)40)22-37-30(12-2)26(7)33(47-37)21-36(29)46-32/h11,18,20-23,27,31,38,41-42,46-51H,1,12-17,19H2,2-10H3/b24-18+,33-21-,34-20-,37-22-/t27-,31-,38?,41+,42?/m0/s1. The van der Waals surface area contributed by atoms with Crippen molar-refractivity contribution in [3.63, 3.8) is 0 Å². The molecule has 6 N–H and O–H groups in total. The summed E-state index contributed by atoms with van der Waals surface area (Å²) in [6.07, 6.45) is 14.7. The maximum Gasteiger partial charge on any atom is 0.320 e. The zero-order valence-corrected chi connectivity index (χ0v) is 33.6. The van der Waals surface area contributed by atoms with Gasteiger partial charge in [-0.2, -0.15) is 0 Å². The zero-order valence-electron chi connectivity index (χ0n) is 33.6. The highest BCUT2D eigenvalue weighted by Crippen LogP contribution is 2.42. The molecule has 8 bridgehead atoms. The van der Waals surface area contributed by atoms with Gasteiger partial charge in [-0.05, 0) is 118 Å². The molecule has 1 fully saturated rings. The molecule has 5 atom stereocenters. The summed E-state index contributed by atoms with van der Waals surface area (Å²) < 4.78 is 11.2. The van der Waals surface area contributed by atoms with E-state index in [1.54, 1.807) is 0 Å². The van der Waals surface area contributed by atoms with E-state index < -0.39 is 18.2 Å². The number of rotatable bonds is 13. The Labute approximate surface area is 319 Å². The summed E-state index contributed by atoms with van der Waals surface area (Å²) in [4.78, 5) is 24.6. The van der Waals surface area contributed by atoms with E-state index in [0.29, 0.717) is 30.6 Å². The first kappa shape index (κ1) is 39.2. The van der Waals surface area contributed by atoms with Gasteiger partial charge in [0, 0.05) is 50.2 Å². The number of aliphatic hydroxyl groups is 2. The van der Waals surface area contributed by atoms with Crippen LogP contribution in [0.25, 0.3) is 35.6 Å². The van der Waals surface area contributed by atoms with Gasteiger partial charge in [-0.15, -0.1) is 0 Å². The van der Waals surface area contributed by atoms with Gasteiger partial charge in [-0.25, -0.2) is 0 Å². The summed E-state index contributed by atoms with van der Waals surface area (Å²) in [7, 11) is 1.36. The lowest BCUT2D eigenvalue weighted by atomic mass is 9.80. The second kappa shape index (κ2) is 16.1. The normalized spacial score (nSPS) is 23.4. The maximum atomic E-state index is 13.6. The molecule has 3 aromatic heterocycles. The topological polar surface area (TPSA) is 135 Å². The Balaban J connectivity index is 1.46. The molecule has 0 spiro atoms. The highest BCUT2D eigenvalue weighted by molar-refractivity contribution is 5.95. The number of aromatic nitrogens is 3. The Morgan fingerprint density at radius 3 is 2.41 bits per heavy atom.